The van der Waals surface area contributed by atoms with Crippen LogP contribution in [0.2, 0.25) is 0 Å². The van der Waals surface area contributed by atoms with E-state index in [9.17, 15) is 9.59 Å². The normalized spacial score (nSPS) is 16.7. The zero-order valence-electron chi connectivity index (χ0n) is 14.8. The van der Waals surface area contributed by atoms with E-state index in [-0.39, 0.29) is 17.3 Å². The summed E-state index contributed by atoms with van der Waals surface area (Å²) in [5.74, 6) is -0.550. The maximum atomic E-state index is 12.2. The average molecular weight is 381 g/mol. The summed E-state index contributed by atoms with van der Waals surface area (Å²) in [7, 11) is 3.61. The van der Waals surface area contributed by atoms with E-state index in [1.165, 1.54) is 0 Å². The maximum Gasteiger partial charge on any atom is 0.342 e. The summed E-state index contributed by atoms with van der Waals surface area (Å²) in [5, 5.41) is 2.66. The number of hydrogen-bond acceptors (Lipinski definition) is 6. The molecule has 4 nitrogen and oxygen atoms in total. The molecule has 0 unspecified atom stereocenters. The molecule has 1 aliphatic heterocycles. The van der Waals surface area contributed by atoms with Crippen molar-refractivity contribution >= 4 is 33.5 Å². The van der Waals surface area contributed by atoms with E-state index in [1.54, 1.807) is 55.8 Å². The van der Waals surface area contributed by atoms with Gasteiger partial charge in [0.05, 0.1) is 0 Å². The third-order valence-electron chi connectivity index (χ3n) is 3.38. The first-order valence-corrected chi connectivity index (χ1v) is 10.6. The maximum absolute atomic E-state index is 12.2. The highest BCUT2D eigenvalue weighted by Crippen LogP contribution is 2.37. The summed E-state index contributed by atoms with van der Waals surface area (Å²) in [4.78, 5) is 24.3. The summed E-state index contributed by atoms with van der Waals surface area (Å²) in [5.41, 5.74) is -0.325. The van der Waals surface area contributed by atoms with Crippen LogP contribution in [-0.4, -0.2) is 22.8 Å². The Bertz CT molecular complexity index is 635. The minimum Gasteiger partial charge on any atom is -0.456 e. The van der Waals surface area contributed by atoms with Gasteiger partial charge in [0.2, 0.25) is 0 Å². The molecule has 6 heteroatoms. The lowest BCUT2D eigenvalue weighted by Gasteiger charge is -2.20. The van der Waals surface area contributed by atoms with E-state index in [0.717, 1.165) is 19.3 Å². The third kappa shape index (κ3) is 7.16. The molecule has 0 saturated heterocycles. The molecule has 1 atom stereocenters. The Labute approximate surface area is 157 Å². The standard InChI is InChI=1S/C19H24O4S2/c1-19(2,3)23-18(21)15-9-5-6-10-16(15)22-17(20)11-7-4-8-14-12-13-24-25-14/h5-6,9-10,12-14H,4,7-8,11H2,1-3H3/t14-/m1/s1. The van der Waals surface area contributed by atoms with Gasteiger partial charge in [-0.05, 0) is 51.2 Å². The summed E-state index contributed by atoms with van der Waals surface area (Å²) < 4.78 is 10.8. The zero-order chi connectivity index (χ0) is 18.3. The predicted molar refractivity (Wildman–Crippen MR) is 104 cm³/mol. The lowest BCUT2D eigenvalue weighted by atomic mass is 10.1. The predicted octanol–water partition coefficient (Wildman–Crippen LogP) is 5.39. The van der Waals surface area contributed by atoms with Gasteiger partial charge in [0, 0.05) is 11.7 Å². The van der Waals surface area contributed by atoms with Gasteiger partial charge in [0.25, 0.3) is 0 Å². The van der Waals surface area contributed by atoms with Crippen molar-refractivity contribution in [1.29, 1.82) is 0 Å². The van der Waals surface area contributed by atoms with Crippen molar-refractivity contribution in [3.05, 3.63) is 41.3 Å². The number of benzene rings is 1. The Morgan fingerprint density at radius 2 is 1.92 bits per heavy atom. The molecule has 1 aromatic rings. The number of carbonyl (C=O) groups excluding carboxylic acids is 2. The number of ether oxygens (including phenoxy) is 2. The first kappa shape index (κ1) is 19.9. The molecule has 0 aromatic heterocycles. The minimum atomic E-state index is -0.598. The largest absolute Gasteiger partial charge is 0.456 e. The fraction of sp³-hybridized carbons (Fsp3) is 0.474. The summed E-state index contributed by atoms with van der Waals surface area (Å²) in [6.45, 7) is 5.40. The average Bonchev–Trinajstić information content (AvgIpc) is 3.04. The molecule has 25 heavy (non-hydrogen) atoms. The Morgan fingerprint density at radius 1 is 1.16 bits per heavy atom. The number of hydrogen-bond donors (Lipinski definition) is 0. The van der Waals surface area contributed by atoms with Crippen molar-refractivity contribution in [2.45, 2.75) is 57.3 Å². The molecule has 0 spiro atoms. The fourth-order valence-electron chi connectivity index (χ4n) is 2.25. The van der Waals surface area contributed by atoms with Crippen LogP contribution in [0.25, 0.3) is 0 Å². The van der Waals surface area contributed by atoms with Crippen LogP contribution in [0.15, 0.2) is 35.7 Å². The Kier molecular flexibility index (Phi) is 7.44. The van der Waals surface area contributed by atoms with Gasteiger partial charge in [-0.3, -0.25) is 4.79 Å². The molecule has 2 rings (SSSR count). The molecule has 1 aromatic carbocycles. The third-order valence-corrected chi connectivity index (χ3v) is 5.80. The van der Waals surface area contributed by atoms with Gasteiger partial charge in [-0.25, -0.2) is 4.79 Å². The molecule has 0 bridgehead atoms. The second kappa shape index (κ2) is 9.34. The molecule has 0 radical (unpaired) electrons. The van der Waals surface area contributed by atoms with Crippen molar-refractivity contribution in [1.82, 2.24) is 0 Å². The lowest BCUT2D eigenvalue weighted by molar-refractivity contribution is -0.134. The van der Waals surface area contributed by atoms with Gasteiger partial charge in [-0.15, -0.1) is 0 Å². The van der Waals surface area contributed by atoms with Crippen molar-refractivity contribution < 1.29 is 19.1 Å². The molecule has 136 valence electrons. The van der Waals surface area contributed by atoms with Gasteiger partial charge >= 0.3 is 11.9 Å². The summed E-state index contributed by atoms with van der Waals surface area (Å²) in [6, 6.07) is 6.69. The van der Waals surface area contributed by atoms with Crippen LogP contribution < -0.4 is 4.74 Å². The SMILES string of the molecule is CC(C)(C)OC(=O)c1ccccc1OC(=O)CCCC[C@@H]1C=CSS1. The van der Waals surface area contributed by atoms with E-state index >= 15 is 0 Å². The molecule has 0 fully saturated rings. The van der Waals surface area contributed by atoms with Crippen LogP contribution in [0.3, 0.4) is 0 Å². The highest BCUT2D eigenvalue weighted by Gasteiger charge is 2.22. The molecule has 0 amide bonds. The second-order valence-electron chi connectivity index (χ2n) is 6.78. The molecule has 0 N–H and O–H groups in total. The first-order chi connectivity index (χ1) is 11.8. The molecular formula is C19H24O4S2. The summed E-state index contributed by atoms with van der Waals surface area (Å²) >= 11 is 0. The molecule has 1 heterocycles. The van der Waals surface area contributed by atoms with Crippen molar-refractivity contribution in [3.8, 4) is 5.75 Å². The highest BCUT2D eigenvalue weighted by atomic mass is 33.1. The van der Waals surface area contributed by atoms with Crippen LogP contribution in [-0.2, 0) is 9.53 Å². The van der Waals surface area contributed by atoms with E-state index < -0.39 is 11.6 Å². The van der Waals surface area contributed by atoms with Crippen LogP contribution in [0.4, 0.5) is 0 Å². The van der Waals surface area contributed by atoms with E-state index in [2.05, 4.69) is 11.5 Å². The molecule has 1 aliphatic rings. The molecular weight excluding hydrogens is 356 g/mol. The number of esters is 2. The Morgan fingerprint density at radius 3 is 2.60 bits per heavy atom. The first-order valence-electron chi connectivity index (χ1n) is 8.37. The van der Waals surface area contributed by atoms with Gasteiger partial charge in [0.1, 0.15) is 16.9 Å². The van der Waals surface area contributed by atoms with Gasteiger partial charge in [0.15, 0.2) is 0 Å². The highest BCUT2D eigenvalue weighted by molar-refractivity contribution is 8.78. The van der Waals surface area contributed by atoms with Crippen LogP contribution >= 0.6 is 21.6 Å². The Balaban J connectivity index is 1.83. The van der Waals surface area contributed by atoms with Gasteiger partial charge in [-0.2, -0.15) is 0 Å². The number of unbranched alkanes of at least 4 members (excludes halogenated alkanes) is 1. The van der Waals surface area contributed by atoms with Gasteiger partial charge < -0.3 is 9.47 Å². The topological polar surface area (TPSA) is 52.6 Å². The monoisotopic (exact) mass is 380 g/mol. The lowest BCUT2D eigenvalue weighted by Crippen LogP contribution is -2.24. The van der Waals surface area contributed by atoms with Gasteiger partial charge in [-0.1, -0.05) is 46.2 Å². The van der Waals surface area contributed by atoms with Crippen LogP contribution in [0.1, 0.15) is 56.8 Å². The molecule has 0 aliphatic carbocycles. The van der Waals surface area contributed by atoms with E-state index in [0.29, 0.717) is 11.7 Å². The zero-order valence-corrected chi connectivity index (χ0v) is 16.5. The number of rotatable bonds is 7. The van der Waals surface area contributed by atoms with Crippen LogP contribution in [0, 0.1) is 0 Å². The second-order valence-corrected chi connectivity index (χ2v) is 9.19. The van der Waals surface area contributed by atoms with Crippen molar-refractivity contribution in [2.24, 2.45) is 0 Å². The fourth-order valence-corrected chi connectivity index (χ4v) is 4.51. The minimum absolute atomic E-state index is 0.257. The number of carbonyl (C=O) groups is 2. The number of para-hydroxylation sites is 1. The quantitative estimate of drug-likeness (QED) is 0.274. The van der Waals surface area contributed by atoms with E-state index in [4.69, 9.17) is 9.47 Å². The summed E-state index contributed by atoms with van der Waals surface area (Å²) in [6.07, 6.45) is 5.37. The molecule has 0 saturated carbocycles. The smallest absolute Gasteiger partial charge is 0.342 e. The van der Waals surface area contributed by atoms with Crippen LogP contribution in [0.5, 0.6) is 5.75 Å². The van der Waals surface area contributed by atoms with E-state index in [1.807, 2.05) is 10.8 Å². The van der Waals surface area contributed by atoms with Crippen molar-refractivity contribution in [3.63, 3.8) is 0 Å². The Hall–Kier alpha value is -1.40. The van der Waals surface area contributed by atoms with Crippen molar-refractivity contribution in [2.75, 3.05) is 0 Å².